The van der Waals surface area contributed by atoms with Crippen molar-refractivity contribution in [1.82, 2.24) is 10.2 Å². The van der Waals surface area contributed by atoms with Gasteiger partial charge >= 0.3 is 0 Å². The van der Waals surface area contributed by atoms with Crippen LogP contribution in [0.25, 0.3) is 0 Å². The van der Waals surface area contributed by atoms with Gasteiger partial charge in [0.25, 0.3) is 0 Å². The molecule has 1 aliphatic rings. The Labute approximate surface area is 99.6 Å². The van der Waals surface area contributed by atoms with Gasteiger partial charge in [-0.15, -0.1) is 0 Å². The minimum absolute atomic E-state index is 0.102. The van der Waals surface area contributed by atoms with Crippen molar-refractivity contribution in [2.75, 3.05) is 19.6 Å². The second-order valence-electron chi connectivity index (χ2n) is 5.50. The molecule has 16 heavy (non-hydrogen) atoms. The number of amides is 1. The highest BCUT2D eigenvalue weighted by Crippen LogP contribution is 2.17. The van der Waals surface area contributed by atoms with Crippen LogP contribution in [-0.4, -0.2) is 36.5 Å². The lowest BCUT2D eigenvalue weighted by atomic mass is 9.97. The zero-order chi connectivity index (χ0) is 12.1. The molecule has 0 radical (unpaired) electrons. The van der Waals surface area contributed by atoms with E-state index in [1.807, 2.05) is 13.8 Å². The number of hydrogen-bond donors (Lipinski definition) is 1. The molecular weight excluding hydrogens is 200 g/mol. The Hall–Kier alpha value is -0.570. The van der Waals surface area contributed by atoms with Gasteiger partial charge in [-0.3, -0.25) is 4.79 Å². The maximum absolute atomic E-state index is 11.5. The first kappa shape index (κ1) is 13.5. The molecule has 3 heteroatoms. The van der Waals surface area contributed by atoms with Gasteiger partial charge in [-0.2, -0.15) is 0 Å². The van der Waals surface area contributed by atoms with Gasteiger partial charge in [-0.1, -0.05) is 13.8 Å². The van der Waals surface area contributed by atoms with E-state index in [9.17, 15) is 4.79 Å². The summed E-state index contributed by atoms with van der Waals surface area (Å²) in [5, 5.41) is 3.05. The Morgan fingerprint density at radius 1 is 1.38 bits per heavy atom. The molecule has 0 aromatic heterocycles. The Morgan fingerprint density at radius 2 is 2.06 bits per heavy atom. The smallest absolute Gasteiger partial charge is 0.222 e. The standard InChI is InChI=1S/C13H26N2O/c1-10(2)13(16)14-8-12-6-5-7-15(9-12)11(3)4/h10-12H,5-9H2,1-4H3,(H,14,16). The molecule has 0 spiro atoms. The molecule has 3 nitrogen and oxygen atoms in total. The van der Waals surface area contributed by atoms with Crippen molar-refractivity contribution in [2.45, 2.75) is 46.6 Å². The topological polar surface area (TPSA) is 32.3 Å². The maximum Gasteiger partial charge on any atom is 0.222 e. The third-order valence-electron chi connectivity index (χ3n) is 3.37. The molecule has 1 N–H and O–H groups in total. The average molecular weight is 226 g/mol. The molecule has 1 saturated heterocycles. The molecule has 1 unspecified atom stereocenters. The van der Waals surface area contributed by atoms with Crippen molar-refractivity contribution in [3.8, 4) is 0 Å². The molecule has 1 rings (SSSR count). The zero-order valence-corrected chi connectivity index (χ0v) is 11.1. The van der Waals surface area contributed by atoms with E-state index in [4.69, 9.17) is 0 Å². The van der Waals surface area contributed by atoms with Gasteiger partial charge in [0.15, 0.2) is 0 Å². The first-order valence-electron chi connectivity index (χ1n) is 6.52. The highest BCUT2D eigenvalue weighted by atomic mass is 16.1. The van der Waals surface area contributed by atoms with Crippen LogP contribution >= 0.6 is 0 Å². The summed E-state index contributed by atoms with van der Waals surface area (Å²) in [6.07, 6.45) is 2.52. The summed E-state index contributed by atoms with van der Waals surface area (Å²) in [5.74, 6) is 0.922. The number of carbonyl (C=O) groups excluding carboxylic acids is 1. The molecule has 0 aromatic carbocycles. The van der Waals surface area contributed by atoms with Gasteiger partial charge in [0.05, 0.1) is 0 Å². The van der Waals surface area contributed by atoms with Crippen molar-refractivity contribution >= 4 is 5.91 Å². The molecule has 0 bridgehead atoms. The van der Waals surface area contributed by atoms with Crippen molar-refractivity contribution in [1.29, 1.82) is 0 Å². The van der Waals surface area contributed by atoms with Gasteiger partial charge in [-0.05, 0) is 39.2 Å². The Kier molecular flexibility index (Phi) is 5.26. The fraction of sp³-hybridized carbons (Fsp3) is 0.923. The molecule has 0 aromatic rings. The lowest BCUT2D eigenvalue weighted by molar-refractivity contribution is -0.124. The lowest BCUT2D eigenvalue weighted by Gasteiger charge is -2.35. The maximum atomic E-state index is 11.5. The van der Waals surface area contributed by atoms with Crippen LogP contribution in [0, 0.1) is 11.8 Å². The van der Waals surface area contributed by atoms with Crippen molar-refractivity contribution < 1.29 is 4.79 Å². The van der Waals surface area contributed by atoms with Crippen LogP contribution < -0.4 is 5.32 Å². The Balaban J connectivity index is 2.29. The minimum Gasteiger partial charge on any atom is -0.356 e. The number of piperidine rings is 1. The largest absolute Gasteiger partial charge is 0.356 e. The molecule has 1 aliphatic heterocycles. The molecular formula is C13H26N2O. The number of hydrogen-bond acceptors (Lipinski definition) is 2. The second kappa shape index (κ2) is 6.24. The van der Waals surface area contributed by atoms with Crippen LogP contribution in [-0.2, 0) is 4.79 Å². The first-order chi connectivity index (χ1) is 7.50. The molecule has 1 heterocycles. The second-order valence-corrected chi connectivity index (χ2v) is 5.50. The number of nitrogens with one attached hydrogen (secondary N) is 1. The fourth-order valence-electron chi connectivity index (χ4n) is 2.18. The first-order valence-corrected chi connectivity index (χ1v) is 6.52. The SMILES string of the molecule is CC(C)C(=O)NCC1CCCN(C(C)C)C1. The van der Waals surface area contributed by atoms with Crippen LogP contribution in [0.5, 0.6) is 0 Å². The van der Waals surface area contributed by atoms with Gasteiger partial charge in [0, 0.05) is 25.0 Å². The minimum atomic E-state index is 0.102. The molecule has 0 aliphatic carbocycles. The van der Waals surface area contributed by atoms with Crippen LogP contribution in [0.15, 0.2) is 0 Å². The van der Waals surface area contributed by atoms with E-state index in [-0.39, 0.29) is 11.8 Å². The zero-order valence-electron chi connectivity index (χ0n) is 11.1. The van der Waals surface area contributed by atoms with Gasteiger partial charge in [0.1, 0.15) is 0 Å². The number of rotatable bonds is 4. The van der Waals surface area contributed by atoms with Crippen molar-refractivity contribution in [3.63, 3.8) is 0 Å². The van der Waals surface area contributed by atoms with Gasteiger partial charge in [0.2, 0.25) is 5.91 Å². The average Bonchev–Trinajstić information content (AvgIpc) is 2.26. The van der Waals surface area contributed by atoms with E-state index < -0.39 is 0 Å². The Bertz CT molecular complexity index is 226. The molecule has 1 atom stereocenters. The number of likely N-dealkylation sites (tertiary alicyclic amines) is 1. The summed E-state index contributed by atoms with van der Waals surface area (Å²) < 4.78 is 0. The van der Waals surface area contributed by atoms with Crippen LogP contribution in [0.1, 0.15) is 40.5 Å². The summed E-state index contributed by atoms with van der Waals surface area (Å²) in [6, 6.07) is 0.628. The normalized spacial score (nSPS) is 22.8. The van der Waals surface area contributed by atoms with E-state index in [0.717, 1.165) is 13.1 Å². The third kappa shape index (κ3) is 4.12. The van der Waals surface area contributed by atoms with Crippen molar-refractivity contribution in [3.05, 3.63) is 0 Å². The molecule has 94 valence electrons. The molecule has 1 amide bonds. The van der Waals surface area contributed by atoms with E-state index in [1.54, 1.807) is 0 Å². The quantitative estimate of drug-likeness (QED) is 0.794. The number of nitrogens with zero attached hydrogens (tertiary/aromatic N) is 1. The van der Waals surface area contributed by atoms with Crippen molar-refractivity contribution in [2.24, 2.45) is 11.8 Å². The van der Waals surface area contributed by atoms with E-state index in [1.165, 1.54) is 19.4 Å². The fourth-order valence-corrected chi connectivity index (χ4v) is 2.18. The summed E-state index contributed by atoms with van der Waals surface area (Å²) in [6.45, 7) is 11.6. The van der Waals surface area contributed by atoms with Crippen LogP contribution in [0.4, 0.5) is 0 Å². The summed E-state index contributed by atoms with van der Waals surface area (Å²) in [5.41, 5.74) is 0. The highest BCUT2D eigenvalue weighted by Gasteiger charge is 2.22. The third-order valence-corrected chi connectivity index (χ3v) is 3.37. The predicted octanol–water partition coefficient (Wildman–Crippen LogP) is 1.88. The van der Waals surface area contributed by atoms with Gasteiger partial charge < -0.3 is 10.2 Å². The van der Waals surface area contributed by atoms with E-state index in [0.29, 0.717) is 12.0 Å². The lowest BCUT2D eigenvalue weighted by Crippen LogP contribution is -2.44. The van der Waals surface area contributed by atoms with Crippen LogP contribution in [0.3, 0.4) is 0 Å². The monoisotopic (exact) mass is 226 g/mol. The highest BCUT2D eigenvalue weighted by molar-refractivity contribution is 5.77. The van der Waals surface area contributed by atoms with E-state index in [2.05, 4.69) is 24.1 Å². The molecule has 0 saturated carbocycles. The summed E-state index contributed by atoms with van der Waals surface area (Å²) in [4.78, 5) is 14.0. The Morgan fingerprint density at radius 3 is 2.62 bits per heavy atom. The summed E-state index contributed by atoms with van der Waals surface area (Å²) >= 11 is 0. The van der Waals surface area contributed by atoms with Gasteiger partial charge in [-0.25, -0.2) is 0 Å². The van der Waals surface area contributed by atoms with E-state index >= 15 is 0 Å². The predicted molar refractivity (Wildman–Crippen MR) is 67.3 cm³/mol. The van der Waals surface area contributed by atoms with Crippen LogP contribution in [0.2, 0.25) is 0 Å². The number of carbonyl (C=O) groups is 1. The summed E-state index contributed by atoms with van der Waals surface area (Å²) in [7, 11) is 0. The molecule has 1 fully saturated rings.